The van der Waals surface area contributed by atoms with Gasteiger partial charge in [-0.15, -0.1) is 11.3 Å². The molecule has 0 spiro atoms. The van der Waals surface area contributed by atoms with Crippen LogP contribution in [0.1, 0.15) is 35.1 Å². The Bertz CT molecular complexity index is 533. The van der Waals surface area contributed by atoms with Crippen molar-refractivity contribution >= 4 is 17.3 Å². The minimum absolute atomic E-state index is 0.0844. The van der Waals surface area contributed by atoms with E-state index in [1.807, 2.05) is 19.2 Å². The maximum Gasteiger partial charge on any atom is 0.358 e. The molecular weight excluding hydrogens is 254 g/mol. The molecule has 7 heteroatoms. The highest BCUT2D eigenvalue weighted by atomic mass is 32.1. The molecule has 0 aliphatic carbocycles. The average Bonchev–Trinajstić information content (AvgIpc) is 2.98. The van der Waals surface area contributed by atoms with Crippen molar-refractivity contribution in [3.8, 4) is 0 Å². The second-order valence-corrected chi connectivity index (χ2v) is 5.19. The fourth-order valence-electron chi connectivity index (χ4n) is 1.41. The standard InChI is InChI=1S/C11H13N3O3S/c1-11(2,10-12-3-4-18-10)13-6-7-5-8(9(15)16)14-17-7/h3-5,13H,6H2,1-2H3,(H,15,16). The van der Waals surface area contributed by atoms with Crippen molar-refractivity contribution in [2.24, 2.45) is 0 Å². The van der Waals surface area contributed by atoms with Gasteiger partial charge in [-0.25, -0.2) is 9.78 Å². The van der Waals surface area contributed by atoms with Crippen molar-refractivity contribution in [1.29, 1.82) is 0 Å². The summed E-state index contributed by atoms with van der Waals surface area (Å²) in [6.45, 7) is 4.40. The molecule has 0 saturated heterocycles. The molecule has 6 nitrogen and oxygen atoms in total. The largest absolute Gasteiger partial charge is 0.476 e. The van der Waals surface area contributed by atoms with Gasteiger partial charge in [0.1, 0.15) is 5.01 Å². The Morgan fingerprint density at radius 3 is 2.94 bits per heavy atom. The van der Waals surface area contributed by atoms with Gasteiger partial charge < -0.3 is 9.63 Å². The second kappa shape index (κ2) is 4.87. The number of aromatic nitrogens is 2. The molecule has 0 atom stereocenters. The molecule has 0 unspecified atom stereocenters. The Balaban J connectivity index is 2.00. The summed E-state index contributed by atoms with van der Waals surface area (Å²) >= 11 is 1.56. The third-order valence-electron chi connectivity index (χ3n) is 2.45. The number of carboxylic acids is 1. The van der Waals surface area contributed by atoms with E-state index in [1.54, 1.807) is 17.5 Å². The molecule has 0 amide bonds. The molecule has 0 fully saturated rings. The van der Waals surface area contributed by atoms with E-state index in [2.05, 4.69) is 15.5 Å². The smallest absolute Gasteiger partial charge is 0.358 e. The third kappa shape index (κ3) is 2.74. The molecule has 2 heterocycles. The van der Waals surface area contributed by atoms with Gasteiger partial charge in [0.05, 0.1) is 12.1 Å². The van der Waals surface area contributed by atoms with Crippen molar-refractivity contribution in [3.63, 3.8) is 0 Å². The van der Waals surface area contributed by atoms with Crippen molar-refractivity contribution < 1.29 is 14.4 Å². The molecule has 2 N–H and O–H groups in total. The molecular formula is C11H13N3O3S. The van der Waals surface area contributed by atoms with Crippen molar-refractivity contribution in [3.05, 3.63) is 34.1 Å². The molecule has 2 rings (SSSR count). The Morgan fingerprint density at radius 2 is 2.39 bits per heavy atom. The number of nitrogens with one attached hydrogen (secondary N) is 1. The summed E-state index contributed by atoms with van der Waals surface area (Å²) in [5.41, 5.74) is -0.386. The van der Waals surface area contributed by atoms with E-state index >= 15 is 0 Å². The average molecular weight is 267 g/mol. The summed E-state index contributed by atoms with van der Waals surface area (Å²) in [5, 5.41) is 18.3. The van der Waals surface area contributed by atoms with Crippen LogP contribution >= 0.6 is 11.3 Å². The highest BCUT2D eigenvalue weighted by Gasteiger charge is 2.23. The van der Waals surface area contributed by atoms with Crippen LogP contribution in [0.2, 0.25) is 0 Å². The van der Waals surface area contributed by atoms with Crippen LogP contribution in [0.4, 0.5) is 0 Å². The lowest BCUT2D eigenvalue weighted by atomic mass is 10.1. The number of hydrogen-bond acceptors (Lipinski definition) is 6. The molecule has 0 aromatic carbocycles. The van der Waals surface area contributed by atoms with Gasteiger partial charge in [0.2, 0.25) is 0 Å². The molecule has 96 valence electrons. The van der Waals surface area contributed by atoms with Crippen LogP contribution in [-0.2, 0) is 12.1 Å². The second-order valence-electron chi connectivity index (χ2n) is 4.30. The number of nitrogens with zero attached hydrogens (tertiary/aromatic N) is 2. The van der Waals surface area contributed by atoms with E-state index < -0.39 is 5.97 Å². The van der Waals surface area contributed by atoms with Crippen LogP contribution in [0.15, 0.2) is 22.2 Å². The maximum absolute atomic E-state index is 10.7. The van der Waals surface area contributed by atoms with E-state index in [4.69, 9.17) is 9.63 Å². The lowest BCUT2D eigenvalue weighted by molar-refractivity contribution is 0.0685. The van der Waals surface area contributed by atoms with Crippen LogP contribution in [0, 0.1) is 0 Å². The van der Waals surface area contributed by atoms with Gasteiger partial charge in [0.15, 0.2) is 11.5 Å². The lowest BCUT2D eigenvalue weighted by Crippen LogP contribution is -2.35. The molecule has 2 aromatic heterocycles. The molecule has 0 aliphatic heterocycles. The number of hydrogen-bond donors (Lipinski definition) is 2. The fraction of sp³-hybridized carbons (Fsp3) is 0.364. The van der Waals surface area contributed by atoms with Gasteiger partial charge >= 0.3 is 5.97 Å². The first-order chi connectivity index (χ1) is 8.49. The molecule has 2 aromatic rings. The summed E-state index contributed by atoms with van der Waals surface area (Å²) in [7, 11) is 0. The first-order valence-electron chi connectivity index (χ1n) is 5.33. The normalized spacial score (nSPS) is 11.7. The monoisotopic (exact) mass is 267 g/mol. The number of aromatic carboxylic acids is 1. The van der Waals surface area contributed by atoms with Crippen molar-refractivity contribution in [1.82, 2.24) is 15.5 Å². The molecule has 18 heavy (non-hydrogen) atoms. The Hall–Kier alpha value is -1.73. The van der Waals surface area contributed by atoms with Crippen LogP contribution in [0.5, 0.6) is 0 Å². The summed E-state index contributed by atoms with van der Waals surface area (Å²) in [5.74, 6) is -0.610. The quantitative estimate of drug-likeness (QED) is 0.859. The van der Waals surface area contributed by atoms with Crippen molar-refractivity contribution in [2.45, 2.75) is 25.9 Å². The summed E-state index contributed by atoms with van der Waals surface area (Å²) in [6, 6.07) is 1.41. The number of thiazole rings is 1. The minimum atomic E-state index is -1.09. The summed E-state index contributed by atoms with van der Waals surface area (Å²) < 4.78 is 4.93. The van der Waals surface area contributed by atoms with Gasteiger partial charge in [0, 0.05) is 17.6 Å². The number of carbonyl (C=O) groups is 1. The first kappa shape index (κ1) is 12.7. The van der Waals surface area contributed by atoms with Crippen LogP contribution in [0.25, 0.3) is 0 Å². The molecule has 0 saturated carbocycles. The van der Waals surface area contributed by atoms with E-state index in [9.17, 15) is 4.79 Å². The minimum Gasteiger partial charge on any atom is -0.476 e. The first-order valence-corrected chi connectivity index (χ1v) is 6.21. The fourth-order valence-corrected chi connectivity index (χ4v) is 2.15. The Kier molecular flexibility index (Phi) is 3.44. The zero-order valence-electron chi connectivity index (χ0n) is 10.0. The van der Waals surface area contributed by atoms with E-state index in [-0.39, 0.29) is 11.2 Å². The van der Waals surface area contributed by atoms with Gasteiger partial charge in [-0.3, -0.25) is 5.32 Å². The predicted molar refractivity (Wildman–Crippen MR) is 65.4 cm³/mol. The van der Waals surface area contributed by atoms with Gasteiger partial charge in [0.25, 0.3) is 0 Å². The highest BCUT2D eigenvalue weighted by molar-refractivity contribution is 7.09. The maximum atomic E-state index is 10.7. The molecule has 0 aliphatic rings. The lowest BCUT2D eigenvalue weighted by Gasteiger charge is -2.22. The SMILES string of the molecule is CC(C)(NCc1cc(C(=O)O)no1)c1nccs1. The molecule has 0 bridgehead atoms. The summed E-state index contributed by atoms with van der Waals surface area (Å²) in [6.07, 6.45) is 1.75. The number of carboxylic acid groups (broad SMARTS) is 1. The topological polar surface area (TPSA) is 88.2 Å². The third-order valence-corrected chi connectivity index (χ3v) is 3.55. The van der Waals surface area contributed by atoms with Crippen LogP contribution in [-0.4, -0.2) is 21.2 Å². The van der Waals surface area contributed by atoms with Gasteiger partial charge in [-0.1, -0.05) is 5.16 Å². The highest BCUT2D eigenvalue weighted by Crippen LogP contribution is 2.22. The van der Waals surface area contributed by atoms with E-state index in [0.29, 0.717) is 12.3 Å². The summed E-state index contributed by atoms with van der Waals surface area (Å²) in [4.78, 5) is 14.9. The molecule has 0 radical (unpaired) electrons. The zero-order valence-corrected chi connectivity index (χ0v) is 10.8. The van der Waals surface area contributed by atoms with E-state index in [0.717, 1.165) is 5.01 Å². The van der Waals surface area contributed by atoms with Gasteiger partial charge in [-0.05, 0) is 13.8 Å². The zero-order chi connectivity index (χ0) is 13.2. The Labute approximate surface area is 108 Å². The Morgan fingerprint density at radius 1 is 1.61 bits per heavy atom. The van der Waals surface area contributed by atoms with Gasteiger partial charge in [-0.2, -0.15) is 0 Å². The van der Waals surface area contributed by atoms with Crippen LogP contribution < -0.4 is 5.32 Å². The van der Waals surface area contributed by atoms with E-state index in [1.165, 1.54) is 6.07 Å². The number of rotatable bonds is 5. The van der Waals surface area contributed by atoms with Crippen molar-refractivity contribution in [2.75, 3.05) is 0 Å². The van der Waals surface area contributed by atoms with Crippen LogP contribution in [0.3, 0.4) is 0 Å². The predicted octanol–water partition coefficient (Wildman–Crippen LogP) is 1.85.